The van der Waals surface area contributed by atoms with Crippen LogP contribution in [0.1, 0.15) is 76.7 Å². The van der Waals surface area contributed by atoms with E-state index < -0.39 is 19.9 Å². The molecule has 0 aromatic heterocycles. The molecule has 0 spiro atoms. The minimum absolute atomic E-state index is 0. The van der Waals surface area contributed by atoms with Crippen molar-refractivity contribution in [1.29, 1.82) is 0 Å². The van der Waals surface area contributed by atoms with Crippen LogP contribution in [-0.4, -0.2) is 17.9 Å². The standard InChI is InChI=1S/C24H34N2O5S.Na/c1-2-3-4-5-6-7-8-9-10-12-15-20-18-19-22(32(29,30)31)23(24(20)26(27)28)25-21-16-13-11-14-17-21;/h11,13-14,16-19,25H,2-10,12,15H2,1H3,(H,29,30,31);/q;+1/p-1. The van der Waals surface area contributed by atoms with Gasteiger partial charge in [-0.2, -0.15) is 0 Å². The molecule has 2 aromatic carbocycles. The van der Waals surface area contributed by atoms with Gasteiger partial charge in [0.1, 0.15) is 15.8 Å². The number of rotatable bonds is 15. The maximum absolute atomic E-state index is 11.9. The van der Waals surface area contributed by atoms with Gasteiger partial charge >= 0.3 is 29.6 Å². The maximum atomic E-state index is 11.9. The van der Waals surface area contributed by atoms with Crippen molar-refractivity contribution in [1.82, 2.24) is 0 Å². The minimum atomic E-state index is -4.89. The van der Waals surface area contributed by atoms with Crippen LogP contribution in [0.5, 0.6) is 0 Å². The first-order valence-corrected chi connectivity index (χ1v) is 12.8. The van der Waals surface area contributed by atoms with Crippen LogP contribution < -0.4 is 34.9 Å². The largest absolute Gasteiger partial charge is 1.00 e. The summed E-state index contributed by atoms with van der Waals surface area (Å²) in [6.45, 7) is 2.21. The number of hydrogen-bond donors (Lipinski definition) is 1. The number of nitrogens with zero attached hydrogens (tertiary/aromatic N) is 1. The summed E-state index contributed by atoms with van der Waals surface area (Å²) < 4.78 is 35.3. The second kappa shape index (κ2) is 15.5. The van der Waals surface area contributed by atoms with Crippen molar-refractivity contribution in [2.75, 3.05) is 5.32 Å². The van der Waals surface area contributed by atoms with Gasteiger partial charge in [0, 0.05) is 11.3 Å². The molecule has 0 unspecified atom stereocenters. The zero-order chi connectivity index (χ0) is 23.4. The molecule has 0 aliphatic heterocycles. The minimum Gasteiger partial charge on any atom is -0.744 e. The van der Waals surface area contributed by atoms with Gasteiger partial charge < -0.3 is 9.87 Å². The van der Waals surface area contributed by atoms with E-state index in [2.05, 4.69) is 12.2 Å². The third kappa shape index (κ3) is 10.1. The fraction of sp³-hybridized carbons (Fsp3) is 0.500. The average Bonchev–Trinajstić information content (AvgIpc) is 2.74. The number of nitro benzene ring substituents is 1. The Morgan fingerprint density at radius 2 is 1.39 bits per heavy atom. The summed E-state index contributed by atoms with van der Waals surface area (Å²) in [5.41, 5.74) is 0.291. The predicted octanol–water partition coefficient (Wildman–Crippen LogP) is 3.71. The van der Waals surface area contributed by atoms with Crippen LogP contribution in [0.2, 0.25) is 0 Å². The van der Waals surface area contributed by atoms with Crippen LogP contribution >= 0.6 is 0 Å². The summed E-state index contributed by atoms with van der Waals surface area (Å²) in [6.07, 6.45) is 12.0. The van der Waals surface area contributed by atoms with Crippen molar-refractivity contribution in [2.24, 2.45) is 0 Å². The van der Waals surface area contributed by atoms with E-state index in [-0.39, 0.29) is 40.9 Å². The molecule has 0 atom stereocenters. The summed E-state index contributed by atoms with van der Waals surface area (Å²) in [6, 6.07) is 11.1. The molecule has 0 amide bonds. The molecule has 0 aliphatic rings. The van der Waals surface area contributed by atoms with Gasteiger partial charge in [-0.05, 0) is 31.0 Å². The van der Waals surface area contributed by atoms with Crippen LogP contribution in [0, 0.1) is 10.1 Å². The maximum Gasteiger partial charge on any atom is 1.00 e. The van der Waals surface area contributed by atoms with E-state index in [1.54, 1.807) is 30.3 Å². The summed E-state index contributed by atoms with van der Waals surface area (Å²) in [7, 11) is -4.89. The van der Waals surface area contributed by atoms with E-state index >= 15 is 0 Å². The van der Waals surface area contributed by atoms with Crippen LogP contribution in [-0.2, 0) is 16.5 Å². The van der Waals surface area contributed by atoms with E-state index in [4.69, 9.17) is 0 Å². The van der Waals surface area contributed by atoms with E-state index in [9.17, 15) is 23.1 Å². The first-order chi connectivity index (χ1) is 15.3. The van der Waals surface area contributed by atoms with Crippen LogP contribution in [0.25, 0.3) is 0 Å². The molecule has 0 saturated heterocycles. The van der Waals surface area contributed by atoms with Crippen molar-refractivity contribution >= 4 is 27.2 Å². The Balaban J connectivity index is 0.00000544. The molecule has 0 radical (unpaired) electrons. The van der Waals surface area contributed by atoms with Crippen molar-refractivity contribution in [3.05, 3.63) is 58.1 Å². The van der Waals surface area contributed by atoms with Gasteiger partial charge in [-0.25, -0.2) is 8.42 Å². The van der Waals surface area contributed by atoms with Gasteiger partial charge in [-0.3, -0.25) is 10.1 Å². The Hall–Kier alpha value is -1.45. The monoisotopic (exact) mass is 484 g/mol. The molecule has 0 bridgehead atoms. The van der Waals surface area contributed by atoms with E-state index in [0.717, 1.165) is 25.7 Å². The Morgan fingerprint density at radius 3 is 1.91 bits per heavy atom. The second-order valence-corrected chi connectivity index (χ2v) is 9.43. The van der Waals surface area contributed by atoms with Crippen molar-refractivity contribution in [3.63, 3.8) is 0 Å². The average molecular weight is 485 g/mol. The third-order valence-corrected chi connectivity index (χ3v) is 6.40. The molecule has 33 heavy (non-hydrogen) atoms. The second-order valence-electron chi connectivity index (χ2n) is 8.08. The summed E-state index contributed by atoms with van der Waals surface area (Å²) in [5.74, 6) is 0. The summed E-state index contributed by atoms with van der Waals surface area (Å²) in [5, 5.41) is 14.7. The number of para-hydroxylation sites is 1. The predicted molar refractivity (Wildman–Crippen MR) is 126 cm³/mol. The number of aryl methyl sites for hydroxylation is 1. The molecule has 176 valence electrons. The molecule has 2 aromatic rings. The van der Waals surface area contributed by atoms with Crippen molar-refractivity contribution in [3.8, 4) is 0 Å². The summed E-state index contributed by atoms with van der Waals surface area (Å²) >= 11 is 0. The molecule has 1 N–H and O–H groups in total. The number of anilines is 2. The molecule has 0 aliphatic carbocycles. The molecule has 0 heterocycles. The Bertz CT molecular complexity index is 968. The molecule has 2 rings (SSSR count). The molecular formula is C24H33N2NaO5S. The van der Waals surface area contributed by atoms with E-state index in [1.807, 2.05) is 0 Å². The topological polar surface area (TPSA) is 112 Å². The summed E-state index contributed by atoms with van der Waals surface area (Å²) in [4.78, 5) is 10.6. The van der Waals surface area contributed by atoms with Gasteiger partial charge in [0.25, 0.3) is 5.69 Å². The molecular weight excluding hydrogens is 451 g/mol. The SMILES string of the molecule is CCCCCCCCCCCCc1ccc(S(=O)(=O)[O-])c(Nc2ccccc2)c1[N+](=O)[O-].[Na+]. The van der Waals surface area contributed by atoms with Gasteiger partial charge in [-0.15, -0.1) is 0 Å². The molecule has 0 saturated carbocycles. The molecule has 0 fully saturated rings. The quantitative estimate of drug-likeness (QED) is 0.136. The smallest absolute Gasteiger partial charge is 0.744 e. The van der Waals surface area contributed by atoms with Crippen LogP contribution in [0.4, 0.5) is 17.1 Å². The van der Waals surface area contributed by atoms with Gasteiger partial charge in [0.05, 0.1) is 9.82 Å². The fourth-order valence-corrected chi connectivity index (χ4v) is 4.46. The zero-order valence-corrected chi connectivity index (χ0v) is 22.5. The first kappa shape index (κ1) is 29.6. The van der Waals surface area contributed by atoms with Crippen LogP contribution in [0.3, 0.4) is 0 Å². The molecule has 7 nitrogen and oxygen atoms in total. The van der Waals surface area contributed by atoms with E-state index in [0.29, 0.717) is 17.7 Å². The third-order valence-electron chi connectivity index (χ3n) is 5.52. The zero-order valence-electron chi connectivity index (χ0n) is 19.7. The van der Waals surface area contributed by atoms with Crippen molar-refractivity contribution < 1.29 is 47.5 Å². The normalized spacial score (nSPS) is 11.1. The van der Waals surface area contributed by atoms with Gasteiger partial charge in [0.15, 0.2) is 0 Å². The van der Waals surface area contributed by atoms with Gasteiger partial charge in [0.2, 0.25) is 0 Å². The van der Waals surface area contributed by atoms with E-state index in [1.165, 1.54) is 50.7 Å². The number of nitro groups is 1. The van der Waals surface area contributed by atoms with Gasteiger partial charge in [-0.1, -0.05) is 89.0 Å². The number of hydrogen-bond acceptors (Lipinski definition) is 6. The Kier molecular flexibility index (Phi) is 13.9. The number of nitrogens with one attached hydrogen (secondary N) is 1. The Labute approximate surface area is 219 Å². The fourth-order valence-electron chi connectivity index (χ4n) is 3.82. The Morgan fingerprint density at radius 1 is 0.848 bits per heavy atom. The molecule has 9 heteroatoms. The number of benzene rings is 2. The first-order valence-electron chi connectivity index (χ1n) is 11.4. The van der Waals surface area contributed by atoms with Crippen molar-refractivity contribution in [2.45, 2.75) is 82.4 Å². The van der Waals surface area contributed by atoms with Crippen LogP contribution in [0.15, 0.2) is 47.4 Å². The number of unbranched alkanes of at least 4 members (excludes halogenated alkanes) is 9.